The highest BCUT2D eigenvalue weighted by atomic mass is 15.1. The number of unbranched alkanes of at least 4 members (excludes halogenated alkanes) is 3. The van der Waals surface area contributed by atoms with E-state index in [1.807, 2.05) is 0 Å². The molecular weight excluding hydrogens is 280 g/mol. The van der Waals surface area contributed by atoms with Gasteiger partial charge >= 0.3 is 0 Å². The molecule has 2 aromatic rings. The molecule has 23 heavy (non-hydrogen) atoms. The lowest BCUT2D eigenvalue weighted by molar-refractivity contribution is -0.704. The van der Waals surface area contributed by atoms with Gasteiger partial charge in [-0.2, -0.15) is 0 Å². The second-order valence-corrected chi connectivity index (χ2v) is 6.50. The highest BCUT2D eigenvalue weighted by Gasteiger charge is 2.16. The van der Waals surface area contributed by atoms with E-state index >= 15 is 0 Å². The molecular formula is C21H33N2+. The zero-order chi connectivity index (χ0) is 16.3. The van der Waals surface area contributed by atoms with Gasteiger partial charge in [0.25, 0.3) is 5.82 Å². The Kier molecular flexibility index (Phi) is 7.92. The van der Waals surface area contributed by atoms with Crippen LogP contribution in [0.15, 0.2) is 42.7 Å². The molecule has 0 radical (unpaired) electrons. The highest BCUT2D eigenvalue weighted by Crippen LogP contribution is 2.07. The number of nitrogens with zero attached hydrogens (tertiary/aromatic N) is 2. The van der Waals surface area contributed by atoms with Crippen LogP contribution < -0.4 is 4.57 Å². The van der Waals surface area contributed by atoms with Crippen molar-refractivity contribution in [1.29, 1.82) is 0 Å². The summed E-state index contributed by atoms with van der Waals surface area (Å²) in [5.41, 5.74) is 1.45. The number of rotatable bonds is 11. The molecule has 0 saturated carbocycles. The summed E-state index contributed by atoms with van der Waals surface area (Å²) in [7, 11) is 0. The Balaban J connectivity index is 1.94. The number of benzene rings is 1. The topological polar surface area (TPSA) is 8.81 Å². The van der Waals surface area contributed by atoms with Crippen molar-refractivity contribution < 1.29 is 4.57 Å². The summed E-state index contributed by atoms with van der Waals surface area (Å²) < 4.78 is 4.98. The highest BCUT2D eigenvalue weighted by molar-refractivity contribution is 5.14. The average molecular weight is 314 g/mol. The van der Waals surface area contributed by atoms with Gasteiger partial charge in [-0.15, -0.1) is 0 Å². The van der Waals surface area contributed by atoms with Gasteiger partial charge in [-0.05, 0) is 31.2 Å². The fourth-order valence-electron chi connectivity index (χ4n) is 3.15. The molecule has 0 aliphatic heterocycles. The summed E-state index contributed by atoms with van der Waals surface area (Å²) in [6, 6.07) is 10.8. The first-order valence-electron chi connectivity index (χ1n) is 9.46. The molecule has 0 aliphatic carbocycles. The van der Waals surface area contributed by atoms with Crippen LogP contribution in [0.25, 0.3) is 0 Å². The third kappa shape index (κ3) is 5.85. The van der Waals surface area contributed by atoms with Crippen LogP contribution in [0.4, 0.5) is 0 Å². The minimum Gasteiger partial charge on any atom is -0.234 e. The lowest BCUT2D eigenvalue weighted by Gasteiger charge is -2.06. The average Bonchev–Trinajstić information content (AvgIpc) is 2.96. The van der Waals surface area contributed by atoms with Crippen LogP contribution in [-0.4, -0.2) is 4.57 Å². The zero-order valence-corrected chi connectivity index (χ0v) is 15.0. The number of imidazole rings is 1. The van der Waals surface area contributed by atoms with Crippen molar-refractivity contribution >= 4 is 0 Å². The molecule has 1 aromatic carbocycles. The predicted molar refractivity (Wildman–Crippen MR) is 97.5 cm³/mol. The number of aryl methyl sites for hydroxylation is 3. The molecule has 0 amide bonds. The van der Waals surface area contributed by atoms with Gasteiger partial charge in [-0.25, -0.2) is 9.13 Å². The summed E-state index contributed by atoms with van der Waals surface area (Å²) in [6.45, 7) is 6.86. The SMILES string of the molecule is CCCCCc1n(CCCC)cc[n+]1CCCc1ccccc1. The molecule has 0 spiro atoms. The summed E-state index contributed by atoms with van der Waals surface area (Å²) in [4.78, 5) is 0. The zero-order valence-electron chi connectivity index (χ0n) is 15.0. The quantitative estimate of drug-likeness (QED) is 0.410. The van der Waals surface area contributed by atoms with E-state index in [1.54, 1.807) is 0 Å². The second-order valence-electron chi connectivity index (χ2n) is 6.50. The molecule has 0 fully saturated rings. The van der Waals surface area contributed by atoms with Crippen molar-refractivity contribution in [2.24, 2.45) is 0 Å². The first-order valence-corrected chi connectivity index (χ1v) is 9.46. The lowest BCUT2D eigenvalue weighted by Crippen LogP contribution is -2.37. The fraction of sp³-hybridized carbons (Fsp3) is 0.571. The van der Waals surface area contributed by atoms with Gasteiger partial charge in [0.1, 0.15) is 12.4 Å². The van der Waals surface area contributed by atoms with E-state index in [0.29, 0.717) is 0 Å². The molecule has 126 valence electrons. The molecule has 0 saturated heterocycles. The van der Waals surface area contributed by atoms with E-state index in [9.17, 15) is 0 Å². The number of aromatic nitrogens is 2. The monoisotopic (exact) mass is 313 g/mol. The van der Waals surface area contributed by atoms with E-state index in [4.69, 9.17) is 0 Å². The summed E-state index contributed by atoms with van der Waals surface area (Å²) in [5, 5.41) is 0. The maximum absolute atomic E-state index is 2.49. The van der Waals surface area contributed by atoms with Crippen LogP contribution in [0.1, 0.15) is 63.8 Å². The summed E-state index contributed by atoms with van der Waals surface area (Å²) in [5.74, 6) is 1.53. The minimum atomic E-state index is 1.13. The number of hydrogen-bond acceptors (Lipinski definition) is 0. The molecule has 1 heterocycles. The first kappa shape index (κ1) is 17.8. The van der Waals surface area contributed by atoms with E-state index in [0.717, 1.165) is 6.54 Å². The van der Waals surface area contributed by atoms with Gasteiger partial charge in [-0.1, -0.05) is 63.4 Å². The summed E-state index contributed by atoms with van der Waals surface area (Å²) >= 11 is 0. The van der Waals surface area contributed by atoms with E-state index in [-0.39, 0.29) is 0 Å². The third-order valence-corrected chi connectivity index (χ3v) is 4.55. The molecule has 2 rings (SSSR count). The normalized spacial score (nSPS) is 11.0. The van der Waals surface area contributed by atoms with E-state index < -0.39 is 0 Å². The Morgan fingerprint density at radius 1 is 0.870 bits per heavy atom. The Bertz CT molecular complexity index is 542. The lowest BCUT2D eigenvalue weighted by atomic mass is 10.1. The van der Waals surface area contributed by atoms with Crippen molar-refractivity contribution in [2.45, 2.75) is 78.3 Å². The van der Waals surface area contributed by atoms with Gasteiger partial charge in [0.05, 0.1) is 13.1 Å². The van der Waals surface area contributed by atoms with E-state index in [2.05, 4.69) is 65.7 Å². The van der Waals surface area contributed by atoms with E-state index in [1.165, 1.54) is 69.3 Å². The van der Waals surface area contributed by atoms with Crippen molar-refractivity contribution in [2.75, 3.05) is 0 Å². The standard InChI is InChI=1S/C21H33N2/c1-3-5-8-15-21-22(16-6-4-2)18-19-23(21)17-11-14-20-12-9-7-10-13-20/h7,9-10,12-13,18-19H,3-6,8,11,14-17H2,1-2H3/q+1. The van der Waals surface area contributed by atoms with Gasteiger partial charge in [-0.3, -0.25) is 0 Å². The fourth-order valence-corrected chi connectivity index (χ4v) is 3.15. The Morgan fingerprint density at radius 3 is 2.39 bits per heavy atom. The second kappa shape index (κ2) is 10.3. The predicted octanol–water partition coefficient (Wildman–Crippen LogP) is 4.94. The van der Waals surface area contributed by atoms with Crippen LogP contribution in [0.2, 0.25) is 0 Å². The first-order chi connectivity index (χ1) is 11.3. The van der Waals surface area contributed by atoms with Crippen molar-refractivity contribution in [3.8, 4) is 0 Å². The Morgan fingerprint density at radius 2 is 1.65 bits per heavy atom. The van der Waals surface area contributed by atoms with Crippen LogP contribution in [0.5, 0.6) is 0 Å². The molecule has 0 N–H and O–H groups in total. The maximum Gasteiger partial charge on any atom is 0.256 e. The van der Waals surface area contributed by atoms with Crippen LogP contribution >= 0.6 is 0 Å². The van der Waals surface area contributed by atoms with Crippen molar-refractivity contribution in [1.82, 2.24) is 4.57 Å². The Labute approximate surface area is 142 Å². The van der Waals surface area contributed by atoms with Crippen molar-refractivity contribution in [3.63, 3.8) is 0 Å². The largest absolute Gasteiger partial charge is 0.256 e. The molecule has 1 aromatic heterocycles. The van der Waals surface area contributed by atoms with Gasteiger partial charge < -0.3 is 0 Å². The van der Waals surface area contributed by atoms with Gasteiger partial charge in [0.2, 0.25) is 0 Å². The molecule has 0 bridgehead atoms. The van der Waals surface area contributed by atoms with Crippen LogP contribution in [0.3, 0.4) is 0 Å². The maximum atomic E-state index is 2.49. The molecule has 0 atom stereocenters. The summed E-state index contributed by atoms with van der Waals surface area (Å²) in [6.07, 6.45) is 14.7. The molecule has 2 heteroatoms. The third-order valence-electron chi connectivity index (χ3n) is 4.55. The Hall–Kier alpha value is -1.57. The molecule has 0 aliphatic rings. The van der Waals surface area contributed by atoms with Crippen molar-refractivity contribution in [3.05, 3.63) is 54.1 Å². The van der Waals surface area contributed by atoms with Gasteiger partial charge in [0.15, 0.2) is 0 Å². The van der Waals surface area contributed by atoms with Crippen LogP contribution in [-0.2, 0) is 25.9 Å². The molecule has 2 nitrogen and oxygen atoms in total. The minimum absolute atomic E-state index is 1.13. The number of hydrogen-bond donors (Lipinski definition) is 0. The smallest absolute Gasteiger partial charge is 0.234 e. The molecule has 0 unspecified atom stereocenters. The van der Waals surface area contributed by atoms with Gasteiger partial charge in [0, 0.05) is 6.42 Å². The van der Waals surface area contributed by atoms with Crippen LogP contribution in [0, 0.1) is 0 Å².